The number of carbonyl (C=O) groups is 3. The monoisotopic (exact) mass is 500 g/mol. The van der Waals surface area contributed by atoms with Crippen LogP contribution in [0.2, 0.25) is 0 Å². The summed E-state index contributed by atoms with van der Waals surface area (Å²) < 4.78 is 69.2. The summed E-state index contributed by atoms with van der Waals surface area (Å²) in [6.07, 6.45) is -12.6. The van der Waals surface area contributed by atoms with E-state index in [9.17, 15) is 36.3 Å². The molecule has 0 spiro atoms. The minimum absolute atomic E-state index is 0.247. The number of carbonyl (C=O) groups excluding carboxylic acids is 2. The number of hydrogen-bond acceptors (Lipinski definition) is 4. The smallest absolute Gasteiger partial charge is 0.407 e. The van der Waals surface area contributed by atoms with Crippen LogP contribution in [0.15, 0.2) is 48.5 Å². The quantitative estimate of drug-likeness (QED) is 0.451. The van der Waals surface area contributed by atoms with Gasteiger partial charge in [-0.05, 0) is 22.3 Å². The fourth-order valence-corrected chi connectivity index (χ4v) is 3.90. The molecule has 35 heavy (non-hydrogen) atoms. The standard InChI is InChI=1S/C23H21F5N2O5/c24-19(25)9-17(21(32)33)29-20(31)18(10-23(26,27)28)30-22(34)35-11-16-14-7-3-1-5-12(14)13-6-2-4-8-15(13)16/h1-8,16-19H,9-11H2,(H,29,31)(H,30,34)(H,32,33). The van der Waals surface area contributed by atoms with Crippen LogP contribution in [-0.2, 0) is 14.3 Å². The Bertz CT molecular complexity index is 1050. The topological polar surface area (TPSA) is 105 Å². The third kappa shape index (κ3) is 6.67. The fraction of sp³-hybridized carbons (Fsp3) is 0.348. The molecule has 0 saturated carbocycles. The number of amides is 2. The summed E-state index contributed by atoms with van der Waals surface area (Å²) in [7, 11) is 0. The van der Waals surface area contributed by atoms with Crippen molar-refractivity contribution in [2.75, 3.05) is 6.61 Å². The minimum Gasteiger partial charge on any atom is -0.480 e. The van der Waals surface area contributed by atoms with Crippen molar-refractivity contribution in [3.05, 3.63) is 59.7 Å². The number of ether oxygens (including phenoxy) is 1. The van der Waals surface area contributed by atoms with Crippen LogP contribution in [0.4, 0.5) is 26.7 Å². The molecule has 0 saturated heterocycles. The normalized spacial score (nSPS) is 14.6. The maximum atomic E-state index is 13.0. The summed E-state index contributed by atoms with van der Waals surface area (Å²) in [4.78, 5) is 35.6. The van der Waals surface area contributed by atoms with Gasteiger partial charge >= 0.3 is 18.2 Å². The van der Waals surface area contributed by atoms with Crippen molar-refractivity contribution in [3.63, 3.8) is 0 Å². The first-order valence-electron chi connectivity index (χ1n) is 10.5. The molecule has 1 aliphatic carbocycles. The van der Waals surface area contributed by atoms with Crippen LogP contribution in [0, 0.1) is 0 Å². The summed E-state index contributed by atoms with van der Waals surface area (Å²) in [5.74, 6) is -3.83. The molecule has 188 valence electrons. The number of carboxylic acids is 1. The molecule has 2 unspecified atom stereocenters. The molecule has 2 aromatic carbocycles. The SMILES string of the molecule is O=C(NC(CC(F)(F)F)C(=O)NC(CC(F)F)C(=O)O)OCC1c2ccccc2-c2ccccc21. The molecule has 1 aliphatic rings. The van der Waals surface area contributed by atoms with Crippen molar-refractivity contribution in [3.8, 4) is 11.1 Å². The molecule has 2 amide bonds. The van der Waals surface area contributed by atoms with Crippen LogP contribution in [0.1, 0.15) is 29.9 Å². The molecule has 12 heteroatoms. The average Bonchev–Trinajstić information content (AvgIpc) is 3.09. The highest BCUT2D eigenvalue weighted by Crippen LogP contribution is 2.44. The highest BCUT2D eigenvalue weighted by molar-refractivity contribution is 5.89. The van der Waals surface area contributed by atoms with Crippen molar-refractivity contribution < 1.29 is 46.2 Å². The molecular weight excluding hydrogens is 479 g/mol. The van der Waals surface area contributed by atoms with Crippen LogP contribution in [0.25, 0.3) is 11.1 Å². The van der Waals surface area contributed by atoms with E-state index >= 15 is 0 Å². The summed E-state index contributed by atoms with van der Waals surface area (Å²) in [6.45, 7) is -0.247. The van der Waals surface area contributed by atoms with Gasteiger partial charge in [0.1, 0.15) is 18.7 Å². The van der Waals surface area contributed by atoms with Crippen LogP contribution in [0.3, 0.4) is 0 Å². The zero-order valence-corrected chi connectivity index (χ0v) is 18.0. The lowest BCUT2D eigenvalue weighted by molar-refractivity contribution is -0.151. The van der Waals surface area contributed by atoms with E-state index in [1.54, 1.807) is 22.8 Å². The van der Waals surface area contributed by atoms with Gasteiger partial charge in [-0.15, -0.1) is 0 Å². The number of rotatable bonds is 9. The van der Waals surface area contributed by atoms with Gasteiger partial charge in [-0.2, -0.15) is 13.2 Å². The number of fused-ring (bicyclic) bond motifs is 3. The Morgan fingerprint density at radius 1 is 0.914 bits per heavy atom. The highest BCUT2D eigenvalue weighted by Gasteiger charge is 2.38. The van der Waals surface area contributed by atoms with Crippen LogP contribution in [-0.4, -0.2) is 54.4 Å². The molecule has 0 aliphatic heterocycles. The third-order valence-electron chi connectivity index (χ3n) is 5.42. The maximum absolute atomic E-state index is 13.0. The number of alkyl halides is 5. The van der Waals surface area contributed by atoms with Gasteiger partial charge in [-0.3, -0.25) is 4.79 Å². The summed E-state index contributed by atoms with van der Waals surface area (Å²) in [5.41, 5.74) is 3.54. The highest BCUT2D eigenvalue weighted by atomic mass is 19.4. The fourth-order valence-electron chi connectivity index (χ4n) is 3.90. The Labute approximate surface area is 196 Å². The predicted molar refractivity (Wildman–Crippen MR) is 113 cm³/mol. The van der Waals surface area contributed by atoms with E-state index in [2.05, 4.69) is 0 Å². The van der Waals surface area contributed by atoms with Gasteiger partial charge in [0.2, 0.25) is 12.3 Å². The number of alkyl carbamates (subject to hydrolysis) is 1. The first kappa shape index (κ1) is 25.9. The molecule has 3 N–H and O–H groups in total. The van der Waals surface area contributed by atoms with E-state index in [1.165, 1.54) is 0 Å². The summed E-state index contributed by atoms with van der Waals surface area (Å²) in [6, 6.07) is 10.3. The second-order valence-corrected chi connectivity index (χ2v) is 7.87. The van der Waals surface area contributed by atoms with Gasteiger partial charge in [0.05, 0.1) is 6.42 Å². The Kier molecular flexibility index (Phi) is 7.92. The van der Waals surface area contributed by atoms with Crippen LogP contribution in [0.5, 0.6) is 0 Å². The van der Waals surface area contributed by atoms with Gasteiger partial charge in [0.25, 0.3) is 0 Å². The van der Waals surface area contributed by atoms with Gasteiger partial charge < -0.3 is 20.5 Å². The Balaban J connectivity index is 1.69. The van der Waals surface area contributed by atoms with Crippen LogP contribution < -0.4 is 10.6 Å². The number of halogens is 5. The largest absolute Gasteiger partial charge is 0.480 e. The minimum atomic E-state index is -4.93. The second kappa shape index (κ2) is 10.7. The first-order chi connectivity index (χ1) is 16.5. The molecule has 7 nitrogen and oxygen atoms in total. The number of carboxylic acid groups (broad SMARTS) is 1. The zero-order chi connectivity index (χ0) is 25.8. The lowest BCUT2D eigenvalue weighted by Crippen LogP contribution is -2.53. The predicted octanol–water partition coefficient (Wildman–Crippen LogP) is 4.07. The van der Waals surface area contributed by atoms with E-state index < -0.39 is 61.4 Å². The van der Waals surface area contributed by atoms with E-state index in [0.29, 0.717) is 0 Å². The molecule has 3 rings (SSSR count). The zero-order valence-electron chi connectivity index (χ0n) is 18.0. The number of benzene rings is 2. The van der Waals surface area contributed by atoms with E-state index in [-0.39, 0.29) is 6.61 Å². The third-order valence-corrected chi connectivity index (χ3v) is 5.42. The van der Waals surface area contributed by atoms with Gasteiger partial charge in [-0.1, -0.05) is 48.5 Å². The molecule has 0 aromatic heterocycles. The van der Waals surface area contributed by atoms with Gasteiger partial charge in [0.15, 0.2) is 0 Å². The summed E-state index contributed by atoms with van der Waals surface area (Å²) >= 11 is 0. The molecule has 2 aromatic rings. The first-order valence-corrected chi connectivity index (χ1v) is 10.5. The number of nitrogens with one attached hydrogen (secondary N) is 2. The molecule has 0 bridgehead atoms. The van der Waals surface area contributed by atoms with Crippen molar-refractivity contribution >= 4 is 18.0 Å². The van der Waals surface area contributed by atoms with E-state index in [0.717, 1.165) is 22.3 Å². The van der Waals surface area contributed by atoms with E-state index in [4.69, 9.17) is 9.84 Å². The average molecular weight is 500 g/mol. The Morgan fingerprint density at radius 3 is 1.94 bits per heavy atom. The molecule has 0 radical (unpaired) electrons. The Morgan fingerprint density at radius 2 is 1.46 bits per heavy atom. The van der Waals surface area contributed by atoms with Crippen molar-refractivity contribution in [1.82, 2.24) is 10.6 Å². The van der Waals surface area contributed by atoms with Crippen molar-refractivity contribution in [1.29, 1.82) is 0 Å². The molecular formula is C23H21F5N2O5. The Hall–Kier alpha value is -3.70. The molecule has 0 heterocycles. The number of aliphatic carboxylic acids is 1. The summed E-state index contributed by atoms with van der Waals surface area (Å²) in [5, 5.41) is 12.3. The lowest BCUT2D eigenvalue weighted by Gasteiger charge is -2.22. The van der Waals surface area contributed by atoms with Crippen molar-refractivity contribution in [2.45, 2.75) is 43.4 Å². The van der Waals surface area contributed by atoms with Gasteiger partial charge in [0, 0.05) is 12.3 Å². The molecule has 2 atom stereocenters. The number of hydrogen-bond donors (Lipinski definition) is 3. The van der Waals surface area contributed by atoms with E-state index in [1.807, 2.05) is 36.4 Å². The molecule has 0 fully saturated rings. The maximum Gasteiger partial charge on any atom is 0.407 e. The lowest BCUT2D eigenvalue weighted by atomic mass is 9.98. The van der Waals surface area contributed by atoms with Gasteiger partial charge in [-0.25, -0.2) is 18.4 Å². The second-order valence-electron chi connectivity index (χ2n) is 7.87. The van der Waals surface area contributed by atoms with Crippen molar-refractivity contribution in [2.24, 2.45) is 0 Å². The van der Waals surface area contributed by atoms with Crippen LogP contribution >= 0.6 is 0 Å².